The van der Waals surface area contributed by atoms with E-state index in [1.807, 2.05) is 0 Å². The van der Waals surface area contributed by atoms with Gasteiger partial charge in [0.15, 0.2) is 0 Å². The summed E-state index contributed by atoms with van der Waals surface area (Å²) in [5, 5.41) is 0. The second-order valence-corrected chi connectivity index (χ2v) is 2.95. The average molecular weight is 246 g/mol. The number of hydrazine groups is 1. The van der Waals surface area contributed by atoms with Crippen LogP contribution < -0.4 is 16.0 Å². The minimum atomic E-state index is -3.01. The highest BCUT2D eigenvalue weighted by Crippen LogP contribution is 2.24. The van der Waals surface area contributed by atoms with Gasteiger partial charge in [-0.25, -0.2) is 4.79 Å². The monoisotopic (exact) mass is 246 g/mol. The Bertz CT molecular complexity index is 399. The molecule has 0 heterocycles. The predicted molar refractivity (Wildman–Crippen MR) is 56.8 cm³/mol. The Hall–Kier alpha value is -1.89. The molecule has 94 valence electrons. The van der Waals surface area contributed by atoms with Crippen molar-refractivity contribution in [1.82, 2.24) is 0 Å². The molecule has 0 amide bonds. The molecule has 7 heteroatoms. The molecule has 1 aromatic carbocycles. The normalized spacial score (nSPS) is 10.2. The van der Waals surface area contributed by atoms with E-state index < -0.39 is 12.6 Å². The first-order valence-electron chi connectivity index (χ1n) is 4.81. The van der Waals surface area contributed by atoms with Crippen molar-refractivity contribution in [2.45, 2.75) is 13.5 Å². The summed E-state index contributed by atoms with van der Waals surface area (Å²) in [6.07, 6.45) is 0. The first-order chi connectivity index (χ1) is 8.08. The van der Waals surface area contributed by atoms with Crippen LogP contribution in [0.2, 0.25) is 0 Å². The van der Waals surface area contributed by atoms with E-state index in [1.54, 1.807) is 6.92 Å². The van der Waals surface area contributed by atoms with Crippen LogP contribution in [0, 0.1) is 0 Å². The molecule has 0 unspecified atom stereocenters. The van der Waals surface area contributed by atoms with Crippen molar-refractivity contribution in [3.05, 3.63) is 23.8 Å². The van der Waals surface area contributed by atoms with Crippen LogP contribution in [-0.4, -0.2) is 19.2 Å². The van der Waals surface area contributed by atoms with E-state index in [1.165, 1.54) is 18.2 Å². The van der Waals surface area contributed by atoms with Crippen molar-refractivity contribution < 1.29 is 23.0 Å². The van der Waals surface area contributed by atoms with Crippen LogP contribution in [0.15, 0.2) is 18.2 Å². The third-order valence-electron chi connectivity index (χ3n) is 1.86. The van der Waals surface area contributed by atoms with E-state index in [-0.39, 0.29) is 17.9 Å². The highest BCUT2D eigenvalue weighted by Gasteiger charge is 2.17. The molecule has 0 fully saturated rings. The number of esters is 1. The summed E-state index contributed by atoms with van der Waals surface area (Å²) in [5.41, 5.74) is 2.57. The van der Waals surface area contributed by atoms with Crippen molar-refractivity contribution in [3.63, 3.8) is 0 Å². The number of hydrogen-bond donors (Lipinski definition) is 2. The van der Waals surface area contributed by atoms with Gasteiger partial charge >= 0.3 is 12.6 Å². The quantitative estimate of drug-likeness (QED) is 0.470. The molecule has 0 saturated heterocycles. The second kappa shape index (κ2) is 6.00. The SMILES string of the molecule is CCOC(=O)c1cc(NN)ccc1OC(F)F. The Morgan fingerprint density at radius 3 is 2.76 bits per heavy atom. The maximum absolute atomic E-state index is 12.1. The number of ether oxygens (including phenoxy) is 2. The van der Waals surface area contributed by atoms with Gasteiger partial charge in [-0.05, 0) is 25.1 Å². The summed E-state index contributed by atoms with van der Waals surface area (Å²) in [4.78, 5) is 11.5. The molecule has 5 nitrogen and oxygen atoms in total. The number of halogens is 2. The van der Waals surface area contributed by atoms with Crippen LogP contribution in [0.25, 0.3) is 0 Å². The molecule has 0 atom stereocenters. The topological polar surface area (TPSA) is 73.6 Å². The lowest BCUT2D eigenvalue weighted by atomic mass is 10.2. The number of nitrogens with one attached hydrogen (secondary N) is 1. The third-order valence-corrected chi connectivity index (χ3v) is 1.86. The number of anilines is 1. The van der Waals surface area contributed by atoms with Gasteiger partial charge in [0.05, 0.1) is 6.61 Å². The van der Waals surface area contributed by atoms with Crippen molar-refractivity contribution in [1.29, 1.82) is 0 Å². The smallest absolute Gasteiger partial charge is 0.387 e. The lowest BCUT2D eigenvalue weighted by Gasteiger charge is -2.11. The van der Waals surface area contributed by atoms with Crippen LogP contribution in [0.1, 0.15) is 17.3 Å². The second-order valence-electron chi connectivity index (χ2n) is 2.95. The fourth-order valence-corrected chi connectivity index (χ4v) is 1.19. The molecule has 17 heavy (non-hydrogen) atoms. The van der Waals surface area contributed by atoms with Crippen molar-refractivity contribution in [2.75, 3.05) is 12.0 Å². The van der Waals surface area contributed by atoms with E-state index in [0.29, 0.717) is 5.69 Å². The maximum atomic E-state index is 12.1. The molecule has 0 aliphatic heterocycles. The van der Waals surface area contributed by atoms with Crippen molar-refractivity contribution >= 4 is 11.7 Å². The number of hydrogen-bond acceptors (Lipinski definition) is 5. The van der Waals surface area contributed by atoms with Crippen LogP contribution in [0.4, 0.5) is 14.5 Å². The van der Waals surface area contributed by atoms with Crippen LogP contribution in [0.3, 0.4) is 0 Å². The minimum Gasteiger partial charge on any atom is -0.462 e. The number of nitrogens with two attached hydrogens (primary N) is 1. The Kier molecular flexibility index (Phi) is 4.65. The zero-order valence-electron chi connectivity index (χ0n) is 9.07. The zero-order chi connectivity index (χ0) is 12.8. The van der Waals surface area contributed by atoms with Crippen LogP contribution >= 0.6 is 0 Å². The summed E-state index contributed by atoms with van der Waals surface area (Å²) in [6.45, 7) is -1.27. The Balaban J connectivity index is 3.06. The number of rotatable bonds is 5. The lowest BCUT2D eigenvalue weighted by Crippen LogP contribution is -2.13. The predicted octanol–water partition coefficient (Wildman–Crippen LogP) is 1.75. The first-order valence-corrected chi connectivity index (χ1v) is 4.81. The van der Waals surface area contributed by atoms with E-state index in [4.69, 9.17) is 10.6 Å². The van der Waals surface area contributed by atoms with Gasteiger partial charge in [-0.2, -0.15) is 8.78 Å². The standard InChI is InChI=1S/C10H12F2N2O3/c1-2-16-9(15)7-5-6(14-13)3-4-8(7)17-10(11)12/h3-5,10,14H,2,13H2,1H3. The Morgan fingerprint density at radius 1 is 1.53 bits per heavy atom. The van der Waals surface area contributed by atoms with Crippen molar-refractivity contribution in [3.8, 4) is 5.75 Å². The van der Waals surface area contributed by atoms with Crippen LogP contribution in [0.5, 0.6) is 5.75 Å². The molecule has 0 saturated carbocycles. The van der Waals surface area contributed by atoms with Crippen LogP contribution in [-0.2, 0) is 4.74 Å². The third kappa shape index (κ3) is 3.56. The molecule has 0 spiro atoms. The zero-order valence-corrected chi connectivity index (χ0v) is 9.07. The molecule has 1 rings (SSSR count). The first kappa shape index (κ1) is 13.2. The largest absolute Gasteiger partial charge is 0.462 e. The van der Waals surface area contributed by atoms with Gasteiger partial charge in [0, 0.05) is 5.69 Å². The molecule has 0 aromatic heterocycles. The molecule has 0 radical (unpaired) electrons. The number of alkyl halides is 2. The van der Waals surface area contributed by atoms with Gasteiger partial charge in [0.2, 0.25) is 0 Å². The maximum Gasteiger partial charge on any atom is 0.387 e. The van der Waals surface area contributed by atoms with Gasteiger partial charge in [0.25, 0.3) is 0 Å². The fourth-order valence-electron chi connectivity index (χ4n) is 1.19. The van der Waals surface area contributed by atoms with E-state index >= 15 is 0 Å². The average Bonchev–Trinajstić information content (AvgIpc) is 2.29. The summed E-state index contributed by atoms with van der Waals surface area (Å²) in [5.74, 6) is 4.15. The Labute approximate surface area is 96.5 Å². The molecule has 0 aliphatic rings. The number of benzene rings is 1. The molecule has 3 N–H and O–H groups in total. The molecular formula is C10H12F2N2O3. The highest BCUT2D eigenvalue weighted by molar-refractivity contribution is 5.93. The highest BCUT2D eigenvalue weighted by atomic mass is 19.3. The van der Waals surface area contributed by atoms with Gasteiger partial charge < -0.3 is 14.9 Å². The Morgan fingerprint density at radius 2 is 2.24 bits per heavy atom. The molecule has 0 aliphatic carbocycles. The summed E-state index contributed by atoms with van der Waals surface area (Å²) in [7, 11) is 0. The van der Waals surface area contributed by atoms with Gasteiger partial charge in [-0.1, -0.05) is 0 Å². The van der Waals surface area contributed by atoms with Crippen molar-refractivity contribution in [2.24, 2.45) is 5.84 Å². The van der Waals surface area contributed by atoms with Gasteiger partial charge in [0.1, 0.15) is 11.3 Å². The number of nitrogen functional groups attached to an aromatic ring is 1. The minimum absolute atomic E-state index is 0.109. The van der Waals surface area contributed by atoms with Gasteiger partial charge in [-0.15, -0.1) is 0 Å². The van der Waals surface area contributed by atoms with E-state index in [0.717, 1.165) is 0 Å². The molecule has 1 aromatic rings. The molecular weight excluding hydrogens is 234 g/mol. The summed E-state index contributed by atoms with van der Waals surface area (Å²) >= 11 is 0. The van der Waals surface area contributed by atoms with E-state index in [9.17, 15) is 13.6 Å². The van der Waals surface area contributed by atoms with Gasteiger partial charge in [-0.3, -0.25) is 5.84 Å². The number of carbonyl (C=O) groups excluding carboxylic acids is 1. The summed E-state index contributed by atoms with van der Waals surface area (Å²) < 4.78 is 33.2. The van der Waals surface area contributed by atoms with E-state index in [2.05, 4.69) is 10.2 Å². The fraction of sp³-hybridized carbons (Fsp3) is 0.300. The molecule has 0 bridgehead atoms. The lowest BCUT2D eigenvalue weighted by molar-refractivity contribution is -0.0504. The number of carbonyl (C=O) groups is 1. The summed E-state index contributed by atoms with van der Waals surface area (Å²) in [6, 6.07) is 3.89.